The third-order valence-electron chi connectivity index (χ3n) is 3.09. The van der Waals surface area contributed by atoms with E-state index in [9.17, 15) is 13.2 Å². The molecule has 20 heavy (non-hydrogen) atoms. The van der Waals surface area contributed by atoms with Gasteiger partial charge < -0.3 is 9.64 Å². The Morgan fingerprint density at radius 1 is 1.15 bits per heavy atom. The maximum Gasteiger partial charge on any atom is 0.419 e. The van der Waals surface area contributed by atoms with E-state index in [2.05, 4.69) is 4.98 Å². The smallest absolute Gasteiger partial charge is 0.366 e. The highest BCUT2D eigenvalue weighted by Crippen LogP contribution is 2.38. The number of hydrogen-bond acceptors (Lipinski definition) is 3. The molecule has 112 valence electrons. The minimum Gasteiger partial charge on any atom is -0.366 e. The van der Waals surface area contributed by atoms with Crippen LogP contribution in [0.25, 0.3) is 0 Å². The predicted octanol–water partition coefficient (Wildman–Crippen LogP) is 3.49. The van der Waals surface area contributed by atoms with Crippen LogP contribution >= 0.6 is 0 Å². The molecule has 1 aromatic rings. The van der Waals surface area contributed by atoms with Gasteiger partial charge in [-0.05, 0) is 39.8 Å². The van der Waals surface area contributed by atoms with Crippen LogP contribution in [0.15, 0.2) is 18.3 Å². The predicted molar refractivity (Wildman–Crippen MR) is 70.7 cm³/mol. The van der Waals surface area contributed by atoms with Gasteiger partial charge in [0, 0.05) is 19.3 Å². The van der Waals surface area contributed by atoms with Crippen molar-refractivity contribution in [2.45, 2.75) is 45.1 Å². The maximum absolute atomic E-state index is 13.1. The van der Waals surface area contributed by atoms with E-state index in [1.165, 1.54) is 12.3 Å². The van der Waals surface area contributed by atoms with Crippen molar-refractivity contribution >= 4 is 5.82 Å². The Morgan fingerprint density at radius 3 is 2.20 bits per heavy atom. The molecule has 0 amide bonds. The summed E-state index contributed by atoms with van der Waals surface area (Å²) in [6.07, 6.45) is -3.02. The zero-order valence-corrected chi connectivity index (χ0v) is 12.1. The fourth-order valence-corrected chi connectivity index (χ4v) is 2.81. The number of pyridine rings is 1. The molecule has 1 fully saturated rings. The quantitative estimate of drug-likeness (QED) is 0.791. The van der Waals surface area contributed by atoms with Crippen molar-refractivity contribution in [2.75, 3.05) is 18.0 Å². The Bertz CT molecular complexity index is 481. The lowest BCUT2D eigenvalue weighted by Crippen LogP contribution is -2.57. The van der Waals surface area contributed by atoms with Crippen LogP contribution in [-0.4, -0.2) is 29.3 Å². The fourth-order valence-electron chi connectivity index (χ4n) is 2.81. The van der Waals surface area contributed by atoms with Gasteiger partial charge in [-0.25, -0.2) is 4.98 Å². The molecule has 0 radical (unpaired) electrons. The number of morpholine rings is 1. The van der Waals surface area contributed by atoms with Crippen molar-refractivity contribution in [1.29, 1.82) is 0 Å². The van der Waals surface area contributed by atoms with Gasteiger partial charge in [0.25, 0.3) is 0 Å². The summed E-state index contributed by atoms with van der Waals surface area (Å²) in [5.41, 5.74) is -1.75. The molecule has 0 saturated carbocycles. The van der Waals surface area contributed by atoms with Gasteiger partial charge in [-0.15, -0.1) is 0 Å². The standard InChI is InChI=1S/C14H19F3N2O/c1-12(2)8-19(9-13(3,4)20-12)11-10(14(15,16)17)6-5-7-18-11/h5-7H,8-9H2,1-4H3. The fraction of sp³-hybridized carbons (Fsp3) is 0.643. The molecule has 0 atom stereocenters. The van der Waals surface area contributed by atoms with E-state index in [0.717, 1.165) is 6.07 Å². The molecule has 3 nitrogen and oxygen atoms in total. The number of ether oxygens (including phenoxy) is 1. The Kier molecular flexibility index (Phi) is 3.48. The SMILES string of the molecule is CC1(C)CN(c2ncccc2C(F)(F)F)CC(C)(C)O1. The van der Waals surface area contributed by atoms with E-state index in [1.807, 2.05) is 27.7 Å². The van der Waals surface area contributed by atoms with Gasteiger partial charge >= 0.3 is 6.18 Å². The molecular formula is C14H19F3N2O. The zero-order valence-electron chi connectivity index (χ0n) is 12.1. The largest absolute Gasteiger partial charge is 0.419 e. The first kappa shape index (κ1) is 15.1. The van der Waals surface area contributed by atoms with E-state index < -0.39 is 22.9 Å². The van der Waals surface area contributed by atoms with Gasteiger partial charge in [0.15, 0.2) is 0 Å². The van der Waals surface area contributed by atoms with E-state index in [1.54, 1.807) is 4.90 Å². The molecule has 1 aromatic heterocycles. The molecular weight excluding hydrogens is 269 g/mol. The van der Waals surface area contributed by atoms with Gasteiger partial charge in [0.05, 0.1) is 16.8 Å². The number of halogens is 3. The van der Waals surface area contributed by atoms with Crippen LogP contribution in [0.1, 0.15) is 33.3 Å². The van der Waals surface area contributed by atoms with Crippen molar-refractivity contribution in [3.05, 3.63) is 23.9 Å². The molecule has 0 N–H and O–H groups in total. The van der Waals surface area contributed by atoms with Gasteiger partial charge in [0.1, 0.15) is 5.82 Å². The van der Waals surface area contributed by atoms with Gasteiger partial charge in [-0.2, -0.15) is 13.2 Å². The second kappa shape index (κ2) is 4.62. The summed E-state index contributed by atoms with van der Waals surface area (Å²) in [5, 5.41) is 0. The molecule has 1 saturated heterocycles. The molecule has 2 rings (SSSR count). The molecule has 2 heterocycles. The number of hydrogen-bond donors (Lipinski definition) is 0. The first-order chi connectivity index (χ1) is 9.00. The van der Waals surface area contributed by atoms with E-state index in [0.29, 0.717) is 13.1 Å². The first-order valence-electron chi connectivity index (χ1n) is 6.48. The Morgan fingerprint density at radius 2 is 1.70 bits per heavy atom. The lowest BCUT2D eigenvalue weighted by atomic mass is 9.98. The number of nitrogens with zero attached hydrogens (tertiary/aromatic N) is 2. The Hall–Kier alpha value is -1.30. The van der Waals surface area contributed by atoms with E-state index >= 15 is 0 Å². The van der Waals surface area contributed by atoms with Crippen LogP contribution in [0.5, 0.6) is 0 Å². The highest BCUT2D eigenvalue weighted by Gasteiger charge is 2.42. The van der Waals surface area contributed by atoms with Gasteiger partial charge in [0.2, 0.25) is 0 Å². The van der Waals surface area contributed by atoms with E-state index in [4.69, 9.17) is 4.74 Å². The summed E-state index contributed by atoms with van der Waals surface area (Å²) in [6, 6.07) is 2.38. The van der Waals surface area contributed by atoms with Crippen molar-refractivity contribution in [3.8, 4) is 0 Å². The highest BCUT2D eigenvalue weighted by atomic mass is 19.4. The lowest BCUT2D eigenvalue weighted by molar-refractivity contribution is -0.141. The molecule has 0 unspecified atom stereocenters. The molecule has 0 aromatic carbocycles. The van der Waals surface area contributed by atoms with Gasteiger partial charge in [-0.3, -0.25) is 0 Å². The normalized spacial score (nSPS) is 21.9. The minimum absolute atomic E-state index is 0.0237. The topological polar surface area (TPSA) is 25.4 Å². The maximum atomic E-state index is 13.1. The summed E-state index contributed by atoms with van der Waals surface area (Å²) >= 11 is 0. The molecule has 0 aliphatic carbocycles. The molecule has 0 spiro atoms. The van der Waals surface area contributed by atoms with E-state index in [-0.39, 0.29) is 5.82 Å². The van der Waals surface area contributed by atoms with Crippen LogP contribution in [0, 0.1) is 0 Å². The average molecular weight is 288 g/mol. The van der Waals surface area contributed by atoms with Crippen molar-refractivity contribution in [1.82, 2.24) is 4.98 Å². The van der Waals surface area contributed by atoms with Crippen molar-refractivity contribution in [3.63, 3.8) is 0 Å². The monoisotopic (exact) mass is 288 g/mol. The number of rotatable bonds is 1. The Labute approximate surface area is 116 Å². The highest BCUT2D eigenvalue weighted by molar-refractivity contribution is 5.49. The molecule has 6 heteroatoms. The minimum atomic E-state index is -4.41. The van der Waals surface area contributed by atoms with Crippen molar-refractivity contribution < 1.29 is 17.9 Å². The molecule has 1 aliphatic rings. The lowest BCUT2D eigenvalue weighted by Gasteiger charge is -2.48. The van der Waals surface area contributed by atoms with Crippen molar-refractivity contribution in [2.24, 2.45) is 0 Å². The van der Waals surface area contributed by atoms with Crippen LogP contribution in [-0.2, 0) is 10.9 Å². The molecule has 0 bridgehead atoms. The second-order valence-electron chi connectivity index (χ2n) is 6.35. The summed E-state index contributed by atoms with van der Waals surface area (Å²) < 4.78 is 45.2. The first-order valence-corrected chi connectivity index (χ1v) is 6.48. The third kappa shape index (κ3) is 3.23. The van der Waals surface area contributed by atoms with Crippen LogP contribution in [0.3, 0.4) is 0 Å². The van der Waals surface area contributed by atoms with Crippen LogP contribution in [0.2, 0.25) is 0 Å². The number of alkyl halides is 3. The summed E-state index contributed by atoms with van der Waals surface area (Å²) in [5.74, 6) is -0.0237. The second-order valence-corrected chi connectivity index (χ2v) is 6.35. The summed E-state index contributed by atoms with van der Waals surface area (Å²) in [6.45, 7) is 8.23. The summed E-state index contributed by atoms with van der Waals surface area (Å²) in [4.78, 5) is 5.61. The third-order valence-corrected chi connectivity index (χ3v) is 3.09. The van der Waals surface area contributed by atoms with Crippen LogP contribution < -0.4 is 4.90 Å². The molecule has 1 aliphatic heterocycles. The average Bonchev–Trinajstić information content (AvgIpc) is 2.23. The Balaban J connectivity index is 2.41. The zero-order chi connectivity index (χ0) is 15.2. The number of anilines is 1. The van der Waals surface area contributed by atoms with Gasteiger partial charge in [-0.1, -0.05) is 0 Å². The summed E-state index contributed by atoms with van der Waals surface area (Å²) in [7, 11) is 0. The number of aromatic nitrogens is 1. The van der Waals surface area contributed by atoms with Crippen LogP contribution in [0.4, 0.5) is 19.0 Å².